The quantitative estimate of drug-likeness (QED) is 0.475. The topological polar surface area (TPSA) is 40.5 Å². The van der Waals surface area contributed by atoms with Gasteiger partial charge in [0.2, 0.25) is 0 Å². The van der Waals surface area contributed by atoms with Gasteiger partial charge < -0.3 is 5.11 Å². The maximum atomic E-state index is 10.2. The largest absolute Gasteiger partial charge is 0.478 e. The molecule has 0 aromatic heterocycles. The highest BCUT2D eigenvalue weighted by Crippen LogP contribution is 1.89. The van der Waals surface area contributed by atoms with Crippen LogP contribution in [0.4, 0.5) is 0 Å². The molecule has 0 unspecified atom stereocenters. The summed E-state index contributed by atoms with van der Waals surface area (Å²) in [4.78, 5) is 12.2. The Morgan fingerprint density at radius 2 is 1.77 bits per heavy atom. The Morgan fingerprint density at radius 1 is 1.23 bits per heavy atom. The smallest absolute Gasteiger partial charge is 0.328 e. The summed E-state index contributed by atoms with van der Waals surface area (Å²) < 4.78 is 0. The summed E-state index contributed by atoms with van der Waals surface area (Å²) in [6.07, 6.45) is 6.30. The lowest BCUT2D eigenvalue weighted by Gasteiger charge is -2.15. The number of hydrogen-bond acceptors (Lipinski definition) is 2. The van der Waals surface area contributed by atoms with Crippen LogP contribution in [0.3, 0.4) is 0 Å². The van der Waals surface area contributed by atoms with Crippen LogP contribution in [-0.4, -0.2) is 35.6 Å². The summed E-state index contributed by atoms with van der Waals surface area (Å²) in [5.41, 5.74) is 0. The van der Waals surface area contributed by atoms with Crippen molar-refractivity contribution < 1.29 is 9.90 Å². The zero-order valence-electron chi connectivity index (χ0n) is 7.65. The molecule has 0 aliphatic rings. The van der Waals surface area contributed by atoms with Gasteiger partial charge in [-0.2, -0.15) is 0 Å². The monoisotopic (exact) mass is 181 g/mol. The summed E-state index contributed by atoms with van der Waals surface area (Å²) in [7, 11) is 0. The van der Waals surface area contributed by atoms with Crippen molar-refractivity contribution in [2.75, 3.05) is 19.6 Å². The van der Waals surface area contributed by atoms with Crippen molar-refractivity contribution in [3.8, 4) is 0 Å². The van der Waals surface area contributed by atoms with Gasteiger partial charge >= 0.3 is 5.97 Å². The highest BCUT2D eigenvalue weighted by molar-refractivity contribution is 5.79. The van der Waals surface area contributed by atoms with E-state index in [2.05, 4.69) is 13.2 Å². The lowest BCUT2D eigenvalue weighted by Crippen LogP contribution is -2.23. The molecule has 0 saturated carbocycles. The third-order valence-corrected chi connectivity index (χ3v) is 1.40. The van der Waals surface area contributed by atoms with E-state index in [1.54, 1.807) is 18.2 Å². The molecule has 0 aliphatic heterocycles. The predicted octanol–water partition coefficient (Wildman–Crippen LogP) is 1.30. The van der Waals surface area contributed by atoms with Crippen LogP contribution < -0.4 is 0 Å². The van der Waals surface area contributed by atoms with Gasteiger partial charge in [-0.1, -0.05) is 18.2 Å². The Labute approximate surface area is 78.7 Å². The van der Waals surface area contributed by atoms with Gasteiger partial charge in [-0.25, -0.2) is 4.79 Å². The Balaban J connectivity index is 3.86. The van der Waals surface area contributed by atoms with Crippen LogP contribution in [0.1, 0.15) is 0 Å². The lowest BCUT2D eigenvalue weighted by atomic mass is 10.4. The van der Waals surface area contributed by atoms with Crippen molar-refractivity contribution >= 4 is 5.97 Å². The summed E-state index contributed by atoms with van der Waals surface area (Å²) in [5.74, 6) is -0.919. The maximum absolute atomic E-state index is 10.2. The van der Waals surface area contributed by atoms with E-state index in [0.717, 1.165) is 19.2 Å². The number of nitrogens with zero attached hydrogens (tertiary/aromatic N) is 1. The van der Waals surface area contributed by atoms with Gasteiger partial charge in [0.15, 0.2) is 0 Å². The van der Waals surface area contributed by atoms with Crippen LogP contribution in [0.2, 0.25) is 0 Å². The second-order valence-corrected chi connectivity index (χ2v) is 2.54. The molecule has 0 fully saturated rings. The third-order valence-electron chi connectivity index (χ3n) is 1.40. The van der Waals surface area contributed by atoms with Crippen LogP contribution in [0.15, 0.2) is 37.5 Å². The standard InChI is InChI=1S/C10H15NO2/c1-3-7-11(8-4-2)9-5-6-10(12)13/h3-6H,1-2,7-9H2,(H,12,13). The van der Waals surface area contributed by atoms with Crippen molar-refractivity contribution in [1.29, 1.82) is 0 Å². The lowest BCUT2D eigenvalue weighted by molar-refractivity contribution is -0.131. The fourth-order valence-electron chi connectivity index (χ4n) is 0.891. The molecule has 0 heterocycles. The molecule has 3 nitrogen and oxygen atoms in total. The van der Waals surface area contributed by atoms with Crippen LogP contribution in [0.5, 0.6) is 0 Å². The fraction of sp³-hybridized carbons (Fsp3) is 0.300. The molecule has 0 amide bonds. The van der Waals surface area contributed by atoms with Crippen molar-refractivity contribution in [2.45, 2.75) is 0 Å². The van der Waals surface area contributed by atoms with Gasteiger partial charge in [0, 0.05) is 25.7 Å². The van der Waals surface area contributed by atoms with E-state index in [4.69, 9.17) is 5.11 Å². The molecule has 3 heteroatoms. The number of carboxylic acids is 1. The van der Waals surface area contributed by atoms with Gasteiger partial charge in [-0.3, -0.25) is 4.90 Å². The van der Waals surface area contributed by atoms with Crippen molar-refractivity contribution in [3.05, 3.63) is 37.5 Å². The third kappa shape index (κ3) is 7.03. The maximum Gasteiger partial charge on any atom is 0.328 e. The van der Waals surface area contributed by atoms with E-state index in [9.17, 15) is 4.79 Å². The number of hydrogen-bond donors (Lipinski definition) is 1. The van der Waals surface area contributed by atoms with Crippen LogP contribution >= 0.6 is 0 Å². The average molecular weight is 181 g/mol. The van der Waals surface area contributed by atoms with E-state index >= 15 is 0 Å². The molecule has 0 aliphatic carbocycles. The van der Waals surface area contributed by atoms with E-state index in [1.165, 1.54) is 0 Å². The Kier molecular flexibility index (Phi) is 6.55. The Bertz CT molecular complexity index is 199. The number of aliphatic carboxylic acids is 1. The Hall–Kier alpha value is -1.35. The van der Waals surface area contributed by atoms with Crippen LogP contribution in [-0.2, 0) is 4.79 Å². The van der Waals surface area contributed by atoms with E-state index in [1.807, 2.05) is 4.90 Å². The molecule has 0 atom stereocenters. The van der Waals surface area contributed by atoms with E-state index in [0.29, 0.717) is 6.54 Å². The molecular formula is C10H15NO2. The first kappa shape index (κ1) is 11.6. The second kappa shape index (κ2) is 7.31. The van der Waals surface area contributed by atoms with Gasteiger partial charge in [0.1, 0.15) is 0 Å². The molecule has 0 aromatic carbocycles. The number of carbonyl (C=O) groups is 1. The van der Waals surface area contributed by atoms with Gasteiger partial charge in [0.05, 0.1) is 0 Å². The first-order valence-electron chi connectivity index (χ1n) is 4.04. The number of carboxylic acid groups (broad SMARTS) is 1. The minimum Gasteiger partial charge on any atom is -0.478 e. The molecule has 1 N–H and O–H groups in total. The molecule has 0 saturated heterocycles. The normalized spacial score (nSPS) is 10.5. The second-order valence-electron chi connectivity index (χ2n) is 2.54. The van der Waals surface area contributed by atoms with Crippen molar-refractivity contribution in [3.63, 3.8) is 0 Å². The zero-order valence-corrected chi connectivity index (χ0v) is 7.65. The highest BCUT2D eigenvalue weighted by atomic mass is 16.4. The highest BCUT2D eigenvalue weighted by Gasteiger charge is 1.96. The van der Waals surface area contributed by atoms with Crippen molar-refractivity contribution in [1.82, 2.24) is 4.90 Å². The SMILES string of the molecule is C=CCN(CC=C)CC=CC(=O)O. The predicted molar refractivity (Wildman–Crippen MR) is 53.6 cm³/mol. The zero-order chi connectivity index (χ0) is 10.1. The van der Waals surface area contributed by atoms with Gasteiger partial charge in [-0.15, -0.1) is 13.2 Å². The summed E-state index contributed by atoms with van der Waals surface area (Å²) in [6, 6.07) is 0. The molecule has 72 valence electrons. The Morgan fingerprint density at radius 3 is 2.15 bits per heavy atom. The summed E-state index contributed by atoms with van der Waals surface area (Å²) in [6.45, 7) is 9.28. The summed E-state index contributed by atoms with van der Waals surface area (Å²) >= 11 is 0. The molecule has 0 bridgehead atoms. The van der Waals surface area contributed by atoms with Gasteiger partial charge in [0.25, 0.3) is 0 Å². The molecule has 0 radical (unpaired) electrons. The minimum absolute atomic E-state index is 0.602. The van der Waals surface area contributed by atoms with Crippen LogP contribution in [0, 0.1) is 0 Å². The fourth-order valence-corrected chi connectivity index (χ4v) is 0.891. The molecule has 0 aromatic rings. The van der Waals surface area contributed by atoms with Crippen molar-refractivity contribution in [2.24, 2.45) is 0 Å². The average Bonchev–Trinajstić information content (AvgIpc) is 2.04. The summed E-state index contributed by atoms with van der Waals surface area (Å²) in [5, 5.41) is 8.34. The number of rotatable bonds is 7. The minimum atomic E-state index is -0.919. The van der Waals surface area contributed by atoms with Crippen LogP contribution in [0.25, 0.3) is 0 Å². The van der Waals surface area contributed by atoms with Gasteiger partial charge in [-0.05, 0) is 0 Å². The molecule has 13 heavy (non-hydrogen) atoms. The molecule has 0 rings (SSSR count). The van der Waals surface area contributed by atoms with E-state index in [-0.39, 0.29) is 0 Å². The molecule has 0 spiro atoms. The van der Waals surface area contributed by atoms with E-state index < -0.39 is 5.97 Å². The first-order chi connectivity index (χ1) is 6.20. The first-order valence-corrected chi connectivity index (χ1v) is 4.04. The molecular weight excluding hydrogens is 166 g/mol.